The highest BCUT2D eigenvalue weighted by atomic mass is 35.5. The highest BCUT2D eigenvalue weighted by molar-refractivity contribution is 7.99. The Labute approximate surface area is 88.9 Å². The van der Waals surface area contributed by atoms with Crippen LogP contribution in [0.1, 0.15) is 12.5 Å². The molecule has 1 nitrogen and oxygen atoms in total. The van der Waals surface area contributed by atoms with Gasteiger partial charge >= 0.3 is 0 Å². The number of hydrogen-bond acceptors (Lipinski definition) is 2. The average Bonchev–Trinajstić information content (AvgIpc) is 2.11. The van der Waals surface area contributed by atoms with Crippen molar-refractivity contribution in [2.24, 2.45) is 0 Å². The molecule has 0 aliphatic carbocycles. The summed E-state index contributed by atoms with van der Waals surface area (Å²) in [5.74, 6) is 1.08. The average molecular weight is 216 g/mol. The number of rotatable bonds is 4. The van der Waals surface area contributed by atoms with Crippen LogP contribution < -0.4 is 5.32 Å². The maximum Gasteiger partial charge on any atom is 0.0462 e. The molecule has 0 aliphatic heterocycles. The Morgan fingerprint density at radius 2 is 2.23 bits per heavy atom. The van der Waals surface area contributed by atoms with Gasteiger partial charge in [0.2, 0.25) is 0 Å². The van der Waals surface area contributed by atoms with Crippen LogP contribution in [0.5, 0.6) is 0 Å². The normalized spacial score (nSPS) is 10.4. The summed E-state index contributed by atoms with van der Waals surface area (Å²) in [5, 5.41) is 3.98. The monoisotopic (exact) mass is 215 g/mol. The minimum Gasteiger partial charge on any atom is -0.316 e. The molecule has 0 fully saturated rings. The van der Waals surface area contributed by atoms with Gasteiger partial charge in [-0.25, -0.2) is 0 Å². The third-order valence-electron chi connectivity index (χ3n) is 1.73. The van der Waals surface area contributed by atoms with Crippen LogP contribution in [-0.2, 0) is 6.54 Å². The fourth-order valence-corrected chi connectivity index (χ4v) is 2.32. The zero-order chi connectivity index (χ0) is 9.68. The van der Waals surface area contributed by atoms with Crippen LogP contribution in [0.3, 0.4) is 0 Å². The summed E-state index contributed by atoms with van der Waals surface area (Å²) in [5.41, 5.74) is 1.21. The van der Waals surface area contributed by atoms with Crippen molar-refractivity contribution < 1.29 is 0 Å². The van der Waals surface area contributed by atoms with Crippen LogP contribution in [0, 0.1) is 0 Å². The highest BCUT2D eigenvalue weighted by Crippen LogP contribution is 2.27. The number of hydrogen-bond donors (Lipinski definition) is 1. The topological polar surface area (TPSA) is 12.0 Å². The molecule has 1 N–H and O–H groups in total. The molecular formula is C10H14ClNS. The first-order valence-electron chi connectivity index (χ1n) is 4.34. The Bertz CT molecular complexity index is 276. The van der Waals surface area contributed by atoms with Crippen LogP contribution in [0.4, 0.5) is 0 Å². The van der Waals surface area contributed by atoms with Crippen molar-refractivity contribution in [2.75, 3.05) is 12.8 Å². The van der Waals surface area contributed by atoms with Gasteiger partial charge in [-0.2, -0.15) is 0 Å². The molecule has 0 heterocycles. The third-order valence-corrected chi connectivity index (χ3v) is 3.07. The van der Waals surface area contributed by atoms with Gasteiger partial charge in [-0.05, 0) is 30.5 Å². The Morgan fingerprint density at radius 3 is 2.85 bits per heavy atom. The molecule has 0 saturated carbocycles. The minimum absolute atomic E-state index is 0.835. The largest absolute Gasteiger partial charge is 0.316 e. The number of benzene rings is 1. The summed E-state index contributed by atoms with van der Waals surface area (Å²) in [7, 11) is 1.93. The van der Waals surface area contributed by atoms with Crippen molar-refractivity contribution in [3.8, 4) is 0 Å². The van der Waals surface area contributed by atoms with Crippen LogP contribution in [0.25, 0.3) is 0 Å². The zero-order valence-corrected chi connectivity index (χ0v) is 9.50. The standard InChI is InChI=1S/C10H14ClNS/c1-3-13-10-6-4-5-9(11)8(10)7-12-2/h4-6,12H,3,7H2,1-2H3. The maximum atomic E-state index is 6.09. The molecule has 0 aromatic heterocycles. The minimum atomic E-state index is 0.835. The third kappa shape index (κ3) is 2.90. The second kappa shape index (κ2) is 5.53. The highest BCUT2D eigenvalue weighted by Gasteiger charge is 2.04. The van der Waals surface area contributed by atoms with E-state index in [1.165, 1.54) is 10.5 Å². The predicted octanol–water partition coefficient (Wildman–Crippen LogP) is 3.17. The number of thioether (sulfide) groups is 1. The van der Waals surface area contributed by atoms with Crippen LogP contribution in [0.15, 0.2) is 23.1 Å². The van der Waals surface area contributed by atoms with Crippen LogP contribution in [-0.4, -0.2) is 12.8 Å². The van der Waals surface area contributed by atoms with Gasteiger partial charge in [0.15, 0.2) is 0 Å². The van der Waals surface area contributed by atoms with E-state index < -0.39 is 0 Å². The lowest BCUT2D eigenvalue weighted by Gasteiger charge is -2.09. The van der Waals surface area contributed by atoms with Crippen molar-refractivity contribution in [1.29, 1.82) is 0 Å². The summed E-state index contributed by atoms with van der Waals surface area (Å²) in [6.45, 7) is 2.98. The SMILES string of the molecule is CCSc1cccc(Cl)c1CNC. The second-order valence-electron chi connectivity index (χ2n) is 2.68. The smallest absolute Gasteiger partial charge is 0.0462 e. The molecule has 1 aromatic carbocycles. The van der Waals surface area contributed by atoms with Gasteiger partial charge in [0.05, 0.1) is 0 Å². The summed E-state index contributed by atoms with van der Waals surface area (Å²) < 4.78 is 0. The van der Waals surface area contributed by atoms with E-state index in [0.29, 0.717) is 0 Å². The lowest BCUT2D eigenvalue weighted by molar-refractivity contribution is 0.803. The van der Waals surface area contributed by atoms with Gasteiger partial charge in [0.25, 0.3) is 0 Å². The number of halogens is 1. The predicted molar refractivity (Wildman–Crippen MR) is 60.6 cm³/mol. The maximum absolute atomic E-state index is 6.09. The Morgan fingerprint density at radius 1 is 1.46 bits per heavy atom. The molecule has 0 bridgehead atoms. The zero-order valence-electron chi connectivity index (χ0n) is 7.93. The molecule has 0 radical (unpaired) electrons. The van der Waals surface area contributed by atoms with Crippen LogP contribution >= 0.6 is 23.4 Å². The van der Waals surface area contributed by atoms with E-state index in [4.69, 9.17) is 11.6 Å². The molecule has 13 heavy (non-hydrogen) atoms. The van der Waals surface area contributed by atoms with E-state index in [2.05, 4.69) is 18.3 Å². The molecule has 0 saturated heterocycles. The number of nitrogens with one attached hydrogen (secondary N) is 1. The van der Waals surface area contributed by atoms with Gasteiger partial charge in [-0.1, -0.05) is 24.6 Å². The molecule has 0 unspecified atom stereocenters. The Hall–Kier alpha value is -0.180. The quantitative estimate of drug-likeness (QED) is 0.775. The Balaban J connectivity index is 2.95. The van der Waals surface area contributed by atoms with E-state index in [0.717, 1.165) is 17.3 Å². The molecular weight excluding hydrogens is 202 g/mol. The van der Waals surface area contributed by atoms with Gasteiger partial charge in [0.1, 0.15) is 0 Å². The first-order valence-corrected chi connectivity index (χ1v) is 5.70. The van der Waals surface area contributed by atoms with E-state index in [1.807, 2.05) is 30.9 Å². The fourth-order valence-electron chi connectivity index (χ4n) is 1.18. The summed E-state index contributed by atoms with van der Waals surface area (Å²) >= 11 is 7.92. The van der Waals surface area contributed by atoms with E-state index in [-0.39, 0.29) is 0 Å². The van der Waals surface area contributed by atoms with Gasteiger partial charge < -0.3 is 5.32 Å². The molecule has 3 heteroatoms. The van der Waals surface area contributed by atoms with Gasteiger partial charge in [-0.15, -0.1) is 11.8 Å². The van der Waals surface area contributed by atoms with Gasteiger partial charge in [0, 0.05) is 16.5 Å². The van der Waals surface area contributed by atoms with Crippen molar-refractivity contribution in [3.63, 3.8) is 0 Å². The van der Waals surface area contributed by atoms with Crippen molar-refractivity contribution in [1.82, 2.24) is 5.32 Å². The molecule has 0 spiro atoms. The van der Waals surface area contributed by atoms with E-state index in [1.54, 1.807) is 0 Å². The van der Waals surface area contributed by atoms with Gasteiger partial charge in [-0.3, -0.25) is 0 Å². The summed E-state index contributed by atoms with van der Waals surface area (Å²) in [6, 6.07) is 6.06. The van der Waals surface area contributed by atoms with Crippen molar-refractivity contribution in [3.05, 3.63) is 28.8 Å². The lowest BCUT2D eigenvalue weighted by atomic mass is 10.2. The Kier molecular flexibility index (Phi) is 4.64. The fraction of sp³-hybridized carbons (Fsp3) is 0.400. The summed E-state index contributed by atoms with van der Waals surface area (Å²) in [4.78, 5) is 1.28. The first-order chi connectivity index (χ1) is 6.29. The molecule has 0 atom stereocenters. The molecule has 0 aliphatic rings. The van der Waals surface area contributed by atoms with E-state index in [9.17, 15) is 0 Å². The first kappa shape index (κ1) is 10.9. The molecule has 72 valence electrons. The van der Waals surface area contributed by atoms with E-state index >= 15 is 0 Å². The van der Waals surface area contributed by atoms with Crippen molar-refractivity contribution >= 4 is 23.4 Å². The second-order valence-corrected chi connectivity index (χ2v) is 4.39. The molecule has 0 amide bonds. The lowest BCUT2D eigenvalue weighted by Crippen LogP contribution is -2.06. The molecule has 1 aromatic rings. The van der Waals surface area contributed by atoms with Crippen LogP contribution in [0.2, 0.25) is 5.02 Å². The van der Waals surface area contributed by atoms with Crippen molar-refractivity contribution in [2.45, 2.75) is 18.4 Å². The molecule has 1 rings (SSSR count). The summed E-state index contributed by atoms with van der Waals surface area (Å²) in [6.07, 6.45) is 0.